The van der Waals surface area contributed by atoms with Crippen molar-refractivity contribution in [2.45, 2.75) is 31.1 Å². The molecule has 3 nitrogen and oxygen atoms in total. The Morgan fingerprint density at radius 3 is 2.79 bits per heavy atom. The first-order valence-electron chi connectivity index (χ1n) is 6.46. The molecule has 0 aliphatic heterocycles. The summed E-state index contributed by atoms with van der Waals surface area (Å²) >= 11 is 7.64. The van der Waals surface area contributed by atoms with Crippen molar-refractivity contribution < 1.29 is 9.90 Å². The molecule has 5 heteroatoms. The second-order valence-corrected chi connectivity index (χ2v) is 5.94. The maximum Gasteiger partial charge on any atom is 0.252 e. The number of thiol groups is 1. The van der Waals surface area contributed by atoms with Gasteiger partial charge in [0.2, 0.25) is 0 Å². The summed E-state index contributed by atoms with van der Waals surface area (Å²) in [6.07, 6.45) is 2.79. The van der Waals surface area contributed by atoms with E-state index in [0.717, 1.165) is 23.7 Å². The van der Waals surface area contributed by atoms with Crippen molar-refractivity contribution in [2.75, 3.05) is 13.2 Å². The van der Waals surface area contributed by atoms with Gasteiger partial charge in [-0.3, -0.25) is 4.79 Å². The van der Waals surface area contributed by atoms with Gasteiger partial charge in [-0.1, -0.05) is 29.3 Å². The molecule has 0 fully saturated rings. The van der Waals surface area contributed by atoms with Gasteiger partial charge in [-0.05, 0) is 37.0 Å². The number of hydrogen-bond acceptors (Lipinski definition) is 3. The van der Waals surface area contributed by atoms with E-state index in [1.165, 1.54) is 0 Å². The fourth-order valence-electron chi connectivity index (χ4n) is 1.97. The minimum Gasteiger partial charge on any atom is -0.396 e. The van der Waals surface area contributed by atoms with Crippen LogP contribution >= 0.6 is 28.6 Å². The van der Waals surface area contributed by atoms with Gasteiger partial charge in [0.05, 0.1) is 5.56 Å². The van der Waals surface area contributed by atoms with Gasteiger partial charge in [-0.15, -0.1) is 12.6 Å². The molecule has 0 saturated heterocycles. The van der Waals surface area contributed by atoms with Gasteiger partial charge in [0, 0.05) is 22.5 Å². The molecule has 2 N–H and O–H groups in total. The van der Waals surface area contributed by atoms with Crippen molar-refractivity contribution >= 4 is 34.5 Å². The van der Waals surface area contributed by atoms with Crippen LogP contribution in [0.2, 0.25) is 0 Å². The molecule has 0 bridgehead atoms. The molecule has 0 spiro atoms. The van der Waals surface area contributed by atoms with Gasteiger partial charge in [0.25, 0.3) is 5.91 Å². The third-order valence-corrected chi connectivity index (χ3v) is 3.85. The van der Waals surface area contributed by atoms with Crippen molar-refractivity contribution in [2.24, 2.45) is 5.92 Å². The summed E-state index contributed by atoms with van der Waals surface area (Å²) in [6.45, 7) is 2.86. The molecular formula is C14H20BrNO2S. The Morgan fingerprint density at radius 1 is 1.47 bits per heavy atom. The average molecular weight is 346 g/mol. The predicted octanol–water partition coefficient (Wildman–Crippen LogP) is 3.27. The number of carbonyl (C=O) groups excluding carboxylic acids is 1. The van der Waals surface area contributed by atoms with E-state index in [2.05, 4.69) is 40.8 Å². The number of halogens is 1. The zero-order chi connectivity index (χ0) is 14.3. The smallest absolute Gasteiger partial charge is 0.252 e. The van der Waals surface area contributed by atoms with E-state index in [1.807, 2.05) is 6.07 Å². The monoisotopic (exact) mass is 345 g/mol. The lowest BCUT2D eigenvalue weighted by Gasteiger charge is -2.16. The molecule has 1 rings (SSSR count). The summed E-state index contributed by atoms with van der Waals surface area (Å²) < 4.78 is 0.901. The third kappa shape index (κ3) is 5.55. The lowest BCUT2D eigenvalue weighted by Crippen LogP contribution is -2.30. The van der Waals surface area contributed by atoms with E-state index in [9.17, 15) is 4.79 Å². The Bertz CT molecular complexity index is 420. The highest BCUT2D eigenvalue weighted by molar-refractivity contribution is 9.10. The summed E-state index contributed by atoms with van der Waals surface area (Å²) in [5.74, 6) is 0.217. The molecule has 1 aromatic carbocycles. The molecule has 1 unspecified atom stereocenters. The second-order valence-electron chi connectivity index (χ2n) is 4.54. The largest absolute Gasteiger partial charge is 0.396 e. The van der Waals surface area contributed by atoms with E-state index in [0.29, 0.717) is 22.9 Å². The topological polar surface area (TPSA) is 49.3 Å². The molecule has 0 aliphatic rings. The Labute approximate surface area is 128 Å². The summed E-state index contributed by atoms with van der Waals surface area (Å²) in [4.78, 5) is 12.7. The van der Waals surface area contributed by atoms with E-state index in [-0.39, 0.29) is 12.5 Å². The number of rotatable bonds is 7. The van der Waals surface area contributed by atoms with Crippen LogP contribution in [0.15, 0.2) is 27.6 Å². The first kappa shape index (κ1) is 16.5. The Morgan fingerprint density at radius 2 is 2.21 bits per heavy atom. The van der Waals surface area contributed by atoms with Crippen molar-refractivity contribution in [1.82, 2.24) is 5.32 Å². The molecule has 1 amide bonds. The Hall–Kier alpha value is -0.520. The summed E-state index contributed by atoms with van der Waals surface area (Å²) in [5, 5.41) is 11.9. The molecule has 0 saturated carbocycles. The normalized spacial score (nSPS) is 12.2. The fraction of sp³-hybridized carbons (Fsp3) is 0.500. The van der Waals surface area contributed by atoms with Crippen LogP contribution < -0.4 is 5.32 Å². The molecular weight excluding hydrogens is 326 g/mol. The van der Waals surface area contributed by atoms with Crippen LogP contribution in [0.1, 0.15) is 36.5 Å². The van der Waals surface area contributed by atoms with Crippen LogP contribution in [0.4, 0.5) is 0 Å². The van der Waals surface area contributed by atoms with E-state index in [4.69, 9.17) is 5.11 Å². The highest BCUT2D eigenvalue weighted by Crippen LogP contribution is 2.20. The van der Waals surface area contributed by atoms with Crippen molar-refractivity contribution in [1.29, 1.82) is 0 Å². The summed E-state index contributed by atoms with van der Waals surface area (Å²) in [5.41, 5.74) is 0.575. The summed E-state index contributed by atoms with van der Waals surface area (Å²) in [6, 6.07) is 5.38. The van der Waals surface area contributed by atoms with Crippen LogP contribution in [0.3, 0.4) is 0 Å². The molecule has 0 heterocycles. The highest BCUT2D eigenvalue weighted by Gasteiger charge is 2.12. The number of nitrogens with one attached hydrogen (secondary N) is 1. The Balaban J connectivity index is 2.58. The molecule has 1 aromatic rings. The van der Waals surface area contributed by atoms with Crippen molar-refractivity contribution in [3.05, 3.63) is 28.2 Å². The number of carbonyl (C=O) groups is 1. The molecule has 1 atom stereocenters. The fourth-order valence-corrected chi connectivity index (χ4v) is 2.82. The molecule has 106 valence electrons. The molecule has 0 radical (unpaired) electrons. The average Bonchev–Trinajstić information content (AvgIpc) is 2.36. The van der Waals surface area contributed by atoms with Gasteiger partial charge in [-0.2, -0.15) is 0 Å². The number of amides is 1. The Kier molecular flexibility index (Phi) is 7.49. The lowest BCUT2D eigenvalue weighted by atomic mass is 10.00. The van der Waals surface area contributed by atoms with Crippen molar-refractivity contribution in [3.63, 3.8) is 0 Å². The van der Waals surface area contributed by atoms with Crippen LogP contribution in [-0.4, -0.2) is 24.2 Å². The lowest BCUT2D eigenvalue weighted by molar-refractivity contribution is 0.0940. The number of benzene rings is 1. The number of aliphatic hydroxyl groups is 1. The minimum absolute atomic E-state index is 0.114. The second kappa shape index (κ2) is 8.61. The highest BCUT2D eigenvalue weighted by atomic mass is 79.9. The van der Waals surface area contributed by atoms with Crippen LogP contribution in [0.25, 0.3) is 0 Å². The molecule has 0 aliphatic carbocycles. The number of aliphatic hydroxyl groups excluding tert-OH is 1. The maximum absolute atomic E-state index is 12.1. The van der Waals surface area contributed by atoms with Crippen LogP contribution in [-0.2, 0) is 0 Å². The standard InChI is InChI=1S/C14H20BrNO2S/c1-2-3-10(6-7-17)9-16-14(18)12-5-4-11(15)8-13(12)19/h4-5,8,10,17,19H,2-3,6-7,9H2,1H3,(H,16,18). The van der Waals surface area contributed by atoms with Gasteiger partial charge in [0.1, 0.15) is 0 Å². The molecule has 19 heavy (non-hydrogen) atoms. The number of hydrogen-bond donors (Lipinski definition) is 3. The van der Waals surface area contributed by atoms with Crippen molar-refractivity contribution in [3.8, 4) is 0 Å². The van der Waals surface area contributed by atoms with Gasteiger partial charge in [-0.25, -0.2) is 0 Å². The zero-order valence-electron chi connectivity index (χ0n) is 11.0. The first-order valence-corrected chi connectivity index (χ1v) is 7.70. The van der Waals surface area contributed by atoms with Gasteiger partial charge >= 0.3 is 0 Å². The van der Waals surface area contributed by atoms with Gasteiger partial charge < -0.3 is 10.4 Å². The third-order valence-electron chi connectivity index (χ3n) is 2.99. The quantitative estimate of drug-likeness (QED) is 0.664. The van der Waals surface area contributed by atoms with E-state index >= 15 is 0 Å². The summed E-state index contributed by atoms with van der Waals surface area (Å²) in [7, 11) is 0. The maximum atomic E-state index is 12.1. The van der Waals surface area contributed by atoms with Gasteiger partial charge in [0.15, 0.2) is 0 Å². The first-order chi connectivity index (χ1) is 9.08. The zero-order valence-corrected chi connectivity index (χ0v) is 13.5. The van der Waals surface area contributed by atoms with Crippen LogP contribution in [0, 0.1) is 5.92 Å². The molecule has 0 aromatic heterocycles. The predicted molar refractivity (Wildman–Crippen MR) is 83.8 cm³/mol. The van der Waals surface area contributed by atoms with E-state index < -0.39 is 0 Å². The minimum atomic E-state index is -0.114. The van der Waals surface area contributed by atoms with E-state index in [1.54, 1.807) is 12.1 Å². The SMILES string of the molecule is CCCC(CCO)CNC(=O)c1ccc(Br)cc1S. The van der Waals surface area contributed by atoms with Crippen LogP contribution in [0.5, 0.6) is 0 Å².